The molecule has 7 heteroatoms. The standard InChI is InChI=1S/C13H22N4O2S/c1-2-5-15-13-16-11(14)10(20-13)12(19)17-6-3-9(8-18)4-7-17/h9,18H,2-8,14H2,1H3,(H,15,16). The number of anilines is 2. The van der Waals surface area contributed by atoms with E-state index in [1.54, 1.807) is 4.90 Å². The highest BCUT2D eigenvalue weighted by Crippen LogP contribution is 2.28. The molecule has 1 fully saturated rings. The maximum Gasteiger partial charge on any atom is 0.267 e. The van der Waals surface area contributed by atoms with E-state index in [9.17, 15) is 4.79 Å². The Bertz CT molecular complexity index is 455. The highest BCUT2D eigenvalue weighted by Gasteiger charge is 2.26. The maximum absolute atomic E-state index is 12.4. The van der Waals surface area contributed by atoms with Gasteiger partial charge in [-0.3, -0.25) is 4.79 Å². The molecule has 1 aliphatic heterocycles. The smallest absolute Gasteiger partial charge is 0.267 e. The molecule has 1 saturated heterocycles. The van der Waals surface area contributed by atoms with Crippen molar-refractivity contribution in [1.82, 2.24) is 9.88 Å². The number of hydrogen-bond donors (Lipinski definition) is 3. The Balaban J connectivity index is 2.00. The molecule has 0 spiro atoms. The lowest BCUT2D eigenvalue weighted by molar-refractivity contribution is 0.0656. The summed E-state index contributed by atoms with van der Waals surface area (Å²) in [5.41, 5.74) is 5.85. The van der Waals surface area contributed by atoms with Crippen LogP contribution >= 0.6 is 11.3 Å². The monoisotopic (exact) mass is 298 g/mol. The highest BCUT2D eigenvalue weighted by atomic mass is 32.1. The molecule has 0 aromatic carbocycles. The van der Waals surface area contributed by atoms with Crippen LogP contribution in [0.25, 0.3) is 0 Å². The van der Waals surface area contributed by atoms with Gasteiger partial charge in [-0.2, -0.15) is 0 Å². The van der Waals surface area contributed by atoms with E-state index in [0.717, 1.165) is 25.8 Å². The van der Waals surface area contributed by atoms with Crippen LogP contribution in [0, 0.1) is 5.92 Å². The van der Waals surface area contributed by atoms with Crippen LogP contribution in [-0.2, 0) is 0 Å². The Hall–Kier alpha value is -1.34. The molecule has 0 bridgehead atoms. The molecule has 112 valence electrons. The minimum absolute atomic E-state index is 0.0408. The van der Waals surface area contributed by atoms with E-state index < -0.39 is 0 Å². The molecule has 0 unspecified atom stereocenters. The van der Waals surface area contributed by atoms with E-state index >= 15 is 0 Å². The van der Waals surface area contributed by atoms with Crippen LogP contribution in [-0.4, -0.2) is 47.1 Å². The van der Waals surface area contributed by atoms with Gasteiger partial charge in [-0.1, -0.05) is 18.3 Å². The molecule has 1 aromatic heterocycles. The largest absolute Gasteiger partial charge is 0.396 e. The first kappa shape index (κ1) is 15.1. The zero-order valence-corrected chi connectivity index (χ0v) is 12.6. The summed E-state index contributed by atoms with van der Waals surface area (Å²) in [6.45, 7) is 4.46. The molecule has 0 saturated carbocycles. The quantitative estimate of drug-likeness (QED) is 0.764. The van der Waals surface area contributed by atoms with Crippen molar-refractivity contribution in [3.05, 3.63) is 4.88 Å². The summed E-state index contributed by atoms with van der Waals surface area (Å²) >= 11 is 1.32. The number of likely N-dealkylation sites (tertiary alicyclic amines) is 1. The first-order valence-electron chi connectivity index (χ1n) is 7.06. The molecule has 0 aliphatic carbocycles. The second-order valence-corrected chi connectivity index (χ2v) is 6.08. The van der Waals surface area contributed by atoms with Crippen LogP contribution in [0.3, 0.4) is 0 Å². The fourth-order valence-corrected chi connectivity index (χ4v) is 3.13. The van der Waals surface area contributed by atoms with E-state index in [-0.39, 0.29) is 12.5 Å². The van der Waals surface area contributed by atoms with Crippen molar-refractivity contribution in [3.8, 4) is 0 Å². The normalized spacial score (nSPS) is 16.4. The van der Waals surface area contributed by atoms with Gasteiger partial charge in [-0.25, -0.2) is 4.98 Å². The van der Waals surface area contributed by atoms with E-state index in [2.05, 4.69) is 17.2 Å². The predicted molar refractivity (Wildman–Crippen MR) is 81.0 cm³/mol. The van der Waals surface area contributed by atoms with Gasteiger partial charge in [0.1, 0.15) is 10.7 Å². The number of hydrogen-bond acceptors (Lipinski definition) is 6. The van der Waals surface area contributed by atoms with Gasteiger partial charge in [0.05, 0.1) is 0 Å². The Labute approximate surface area is 123 Å². The zero-order chi connectivity index (χ0) is 14.5. The molecule has 1 amide bonds. The number of nitrogen functional groups attached to an aromatic ring is 1. The van der Waals surface area contributed by atoms with Gasteiger partial charge in [0.25, 0.3) is 5.91 Å². The van der Waals surface area contributed by atoms with Gasteiger partial charge in [0.2, 0.25) is 0 Å². The summed E-state index contributed by atoms with van der Waals surface area (Å²) in [6, 6.07) is 0. The maximum atomic E-state index is 12.4. The first-order valence-corrected chi connectivity index (χ1v) is 7.87. The third-order valence-corrected chi connectivity index (χ3v) is 4.55. The van der Waals surface area contributed by atoms with Crippen LogP contribution in [0.15, 0.2) is 0 Å². The van der Waals surface area contributed by atoms with Gasteiger partial charge >= 0.3 is 0 Å². The average Bonchev–Trinajstić information content (AvgIpc) is 2.85. The molecule has 6 nitrogen and oxygen atoms in total. The fraction of sp³-hybridized carbons (Fsp3) is 0.692. The zero-order valence-electron chi connectivity index (χ0n) is 11.8. The minimum Gasteiger partial charge on any atom is -0.396 e. The summed E-state index contributed by atoms with van der Waals surface area (Å²) < 4.78 is 0. The molecule has 20 heavy (non-hydrogen) atoms. The van der Waals surface area contributed by atoms with Gasteiger partial charge in [0.15, 0.2) is 5.13 Å². The molecule has 0 atom stereocenters. The number of carbonyl (C=O) groups is 1. The summed E-state index contributed by atoms with van der Waals surface area (Å²) in [5.74, 6) is 0.587. The van der Waals surface area contributed by atoms with Crippen molar-refractivity contribution in [2.75, 3.05) is 37.3 Å². The Kier molecular flexibility index (Phi) is 5.19. The third kappa shape index (κ3) is 3.40. The number of aromatic nitrogens is 1. The van der Waals surface area contributed by atoms with Crippen LogP contribution in [0.4, 0.5) is 10.9 Å². The highest BCUT2D eigenvalue weighted by molar-refractivity contribution is 7.18. The van der Waals surface area contributed by atoms with Crippen molar-refractivity contribution in [2.24, 2.45) is 5.92 Å². The molecule has 2 rings (SSSR count). The van der Waals surface area contributed by atoms with Crippen molar-refractivity contribution < 1.29 is 9.90 Å². The summed E-state index contributed by atoms with van der Waals surface area (Å²) in [5, 5.41) is 13.0. The van der Waals surface area contributed by atoms with E-state index in [1.165, 1.54) is 11.3 Å². The van der Waals surface area contributed by atoms with E-state index in [0.29, 0.717) is 34.8 Å². The molecule has 4 N–H and O–H groups in total. The Morgan fingerprint density at radius 3 is 2.85 bits per heavy atom. The summed E-state index contributed by atoms with van der Waals surface area (Å²) in [4.78, 5) is 18.9. The molecule has 1 aliphatic rings. The summed E-state index contributed by atoms with van der Waals surface area (Å²) in [6.07, 6.45) is 2.70. The SMILES string of the molecule is CCCNc1nc(N)c(C(=O)N2CCC(CO)CC2)s1. The molecular weight excluding hydrogens is 276 g/mol. The average molecular weight is 298 g/mol. The number of nitrogens with one attached hydrogen (secondary N) is 1. The number of amides is 1. The van der Waals surface area contributed by atoms with Crippen molar-refractivity contribution in [2.45, 2.75) is 26.2 Å². The number of aliphatic hydroxyl groups excluding tert-OH is 1. The molecular formula is C13H22N4O2S. The number of thiazole rings is 1. The number of nitrogens with zero attached hydrogens (tertiary/aromatic N) is 2. The van der Waals surface area contributed by atoms with Crippen LogP contribution in [0.5, 0.6) is 0 Å². The lowest BCUT2D eigenvalue weighted by Gasteiger charge is -2.30. The second-order valence-electron chi connectivity index (χ2n) is 5.08. The van der Waals surface area contributed by atoms with Crippen molar-refractivity contribution in [3.63, 3.8) is 0 Å². The van der Waals surface area contributed by atoms with Gasteiger partial charge < -0.3 is 21.1 Å². The number of piperidine rings is 1. The molecule has 1 aromatic rings. The van der Waals surface area contributed by atoms with Gasteiger partial charge in [-0.05, 0) is 25.2 Å². The molecule has 2 heterocycles. The van der Waals surface area contributed by atoms with Crippen molar-refractivity contribution in [1.29, 1.82) is 0 Å². The van der Waals surface area contributed by atoms with Gasteiger partial charge in [0, 0.05) is 26.2 Å². The number of nitrogens with two attached hydrogens (primary N) is 1. The Morgan fingerprint density at radius 2 is 2.25 bits per heavy atom. The van der Waals surface area contributed by atoms with Crippen LogP contribution in [0.1, 0.15) is 35.9 Å². The van der Waals surface area contributed by atoms with Gasteiger partial charge in [-0.15, -0.1) is 0 Å². The fourth-order valence-electron chi connectivity index (χ4n) is 2.25. The topological polar surface area (TPSA) is 91.5 Å². The second kappa shape index (κ2) is 6.90. The summed E-state index contributed by atoms with van der Waals surface area (Å²) in [7, 11) is 0. The van der Waals surface area contributed by atoms with E-state index in [1.807, 2.05) is 0 Å². The predicted octanol–water partition coefficient (Wildman–Crippen LogP) is 1.39. The molecule has 0 radical (unpaired) electrons. The van der Waals surface area contributed by atoms with Crippen molar-refractivity contribution >= 4 is 28.2 Å². The number of carbonyl (C=O) groups excluding carboxylic acids is 1. The number of rotatable bonds is 5. The Morgan fingerprint density at radius 1 is 1.55 bits per heavy atom. The lowest BCUT2D eigenvalue weighted by atomic mass is 9.98. The lowest BCUT2D eigenvalue weighted by Crippen LogP contribution is -2.39. The van der Waals surface area contributed by atoms with E-state index in [4.69, 9.17) is 10.8 Å². The minimum atomic E-state index is -0.0408. The number of aliphatic hydroxyl groups is 1. The first-order chi connectivity index (χ1) is 9.65. The van der Waals surface area contributed by atoms with Crippen LogP contribution < -0.4 is 11.1 Å². The van der Waals surface area contributed by atoms with Crippen LogP contribution in [0.2, 0.25) is 0 Å². The third-order valence-electron chi connectivity index (χ3n) is 3.53.